The fourth-order valence-corrected chi connectivity index (χ4v) is 1.56. The van der Waals surface area contributed by atoms with Crippen LogP contribution in [0.1, 0.15) is 5.69 Å². The molecule has 0 bridgehead atoms. The molecule has 0 saturated carbocycles. The zero-order valence-electron chi connectivity index (χ0n) is 6.57. The second kappa shape index (κ2) is 3.45. The minimum Gasteiger partial charge on any atom is -0.273 e. The maximum Gasteiger partial charge on any atom is 0.232 e. The van der Waals surface area contributed by atoms with Crippen LogP contribution in [0.5, 0.6) is 0 Å². The Morgan fingerprint density at radius 3 is 2.75 bits per heavy atom. The smallest absolute Gasteiger partial charge is 0.232 e. The van der Waals surface area contributed by atoms with Crippen molar-refractivity contribution in [1.82, 2.24) is 9.78 Å². The molecule has 0 fully saturated rings. The molecule has 6 heteroatoms. The largest absolute Gasteiger partial charge is 0.273 e. The fraction of sp³-hybridized carbons (Fsp3) is 0.500. The first-order valence-corrected chi connectivity index (χ1v) is 5.86. The van der Waals surface area contributed by atoms with E-state index in [9.17, 15) is 8.42 Å². The highest BCUT2D eigenvalue weighted by Gasteiger charge is 2.07. The lowest BCUT2D eigenvalue weighted by Gasteiger charge is -1.98. The van der Waals surface area contributed by atoms with Crippen molar-refractivity contribution in [1.29, 1.82) is 0 Å². The molecule has 12 heavy (non-hydrogen) atoms. The van der Waals surface area contributed by atoms with Crippen molar-refractivity contribution in [3.8, 4) is 0 Å². The van der Waals surface area contributed by atoms with Crippen molar-refractivity contribution in [2.24, 2.45) is 7.05 Å². The van der Waals surface area contributed by atoms with E-state index >= 15 is 0 Å². The molecule has 0 N–H and O–H groups in total. The van der Waals surface area contributed by atoms with Crippen molar-refractivity contribution in [2.45, 2.75) is 6.42 Å². The van der Waals surface area contributed by atoms with Crippen LogP contribution in [0.2, 0.25) is 0 Å². The average Bonchev–Trinajstić information content (AvgIpc) is 2.29. The molecule has 68 valence electrons. The van der Waals surface area contributed by atoms with E-state index in [1.165, 1.54) is 0 Å². The summed E-state index contributed by atoms with van der Waals surface area (Å²) in [5.74, 6) is -0.0475. The third kappa shape index (κ3) is 2.83. The quantitative estimate of drug-likeness (QED) is 0.681. The van der Waals surface area contributed by atoms with Gasteiger partial charge < -0.3 is 0 Å². The summed E-state index contributed by atoms with van der Waals surface area (Å²) in [6.07, 6.45) is 2.03. The first-order valence-electron chi connectivity index (χ1n) is 3.38. The molecule has 0 atom stereocenters. The summed E-state index contributed by atoms with van der Waals surface area (Å²) in [6.45, 7) is 0. The minimum absolute atomic E-state index is 0.0475. The predicted molar refractivity (Wildman–Crippen MR) is 46.6 cm³/mol. The molecule has 0 spiro atoms. The summed E-state index contributed by atoms with van der Waals surface area (Å²) in [5, 5.41) is 3.90. The second-order valence-corrected chi connectivity index (χ2v) is 5.34. The van der Waals surface area contributed by atoms with E-state index in [-0.39, 0.29) is 5.75 Å². The van der Waals surface area contributed by atoms with Crippen LogP contribution in [0.15, 0.2) is 12.3 Å². The summed E-state index contributed by atoms with van der Waals surface area (Å²) in [6, 6.07) is 1.77. The van der Waals surface area contributed by atoms with Gasteiger partial charge in [-0.3, -0.25) is 4.68 Å². The molecule has 1 heterocycles. The van der Waals surface area contributed by atoms with Gasteiger partial charge in [0.05, 0.1) is 5.75 Å². The summed E-state index contributed by atoms with van der Waals surface area (Å²) >= 11 is 0. The van der Waals surface area contributed by atoms with Gasteiger partial charge in [-0.05, 0) is 6.07 Å². The van der Waals surface area contributed by atoms with E-state index < -0.39 is 9.05 Å². The normalized spacial score (nSPS) is 11.8. The topological polar surface area (TPSA) is 52.0 Å². The highest BCUT2D eigenvalue weighted by molar-refractivity contribution is 8.13. The van der Waals surface area contributed by atoms with Gasteiger partial charge in [0, 0.05) is 36.0 Å². The van der Waals surface area contributed by atoms with E-state index in [4.69, 9.17) is 10.7 Å². The summed E-state index contributed by atoms with van der Waals surface area (Å²) in [5.41, 5.74) is 0.860. The maximum absolute atomic E-state index is 10.6. The lowest BCUT2D eigenvalue weighted by molar-refractivity contribution is 0.607. The van der Waals surface area contributed by atoms with E-state index in [0.29, 0.717) is 6.42 Å². The van der Waals surface area contributed by atoms with Gasteiger partial charge in [0.1, 0.15) is 0 Å². The highest BCUT2D eigenvalue weighted by atomic mass is 35.7. The van der Waals surface area contributed by atoms with Gasteiger partial charge in [-0.25, -0.2) is 8.42 Å². The molecule has 4 nitrogen and oxygen atoms in total. The Hall–Kier alpha value is -0.550. The Morgan fingerprint density at radius 2 is 2.33 bits per heavy atom. The lowest BCUT2D eigenvalue weighted by atomic mass is 10.3. The van der Waals surface area contributed by atoms with Gasteiger partial charge in [0.25, 0.3) is 0 Å². The zero-order valence-corrected chi connectivity index (χ0v) is 8.14. The van der Waals surface area contributed by atoms with Crippen LogP contribution in [-0.4, -0.2) is 24.0 Å². The van der Waals surface area contributed by atoms with Crippen molar-refractivity contribution in [2.75, 3.05) is 5.75 Å². The number of rotatable bonds is 3. The molecule has 0 aliphatic rings. The van der Waals surface area contributed by atoms with Crippen LogP contribution in [0, 0.1) is 0 Å². The monoisotopic (exact) mass is 208 g/mol. The van der Waals surface area contributed by atoms with Gasteiger partial charge in [-0.1, -0.05) is 0 Å². The van der Waals surface area contributed by atoms with Crippen molar-refractivity contribution < 1.29 is 8.42 Å². The predicted octanol–water partition coefficient (Wildman–Crippen LogP) is 0.531. The average molecular weight is 209 g/mol. The number of aromatic nitrogens is 2. The molecule has 0 amide bonds. The molecule has 0 aliphatic carbocycles. The van der Waals surface area contributed by atoms with Crippen LogP contribution in [-0.2, 0) is 22.5 Å². The van der Waals surface area contributed by atoms with Crippen LogP contribution < -0.4 is 0 Å². The molecular weight excluding hydrogens is 200 g/mol. The van der Waals surface area contributed by atoms with E-state index in [0.717, 1.165) is 5.69 Å². The third-order valence-corrected chi connectivity index (χ3v) is 2.68. The van der Waals surface area contributed by atoms with Gasteiger partial charge in [0.2, 0.25) is 9.05 Å². The van der Waals surface area contributed by atoms with Gasteiger partial charge in [0.15, 0.2) is 0 Å². The molecule has 0 saturated heterocycles. The van der Waals surface area contributed by atoms with Crippen LogP contribution in [0.25, 0.3) is 0 Å². The van der Waals surface area contributed by atoms with Crippen LogP contribution >= 0.6 is 10.7 Å². The molecule has 1 aromatic rings. The number of hydrogen-bond donors (Lipinski definition) is 0. The molecule has 1 rings (SSSR count). The Kier molecular flexibility index (Phi) is 2.74. The summed E-state index contributed by atoms with van der Waals surface area (Å²) in [7, 11) is 3.42. The van der Waals surface area contributed by atoms with E-state index in [2.05, 4.69) is 5.10 Å². The minimum atomic E-state index is -3.39. The number of hydrogen-bond acceptors (Lipinski definition) is 3. The maximum atomic E-state index is 10.6. The Balaban J connectivity index is 2.61. The number of halogens is 1. The Morgan fingerprint density at radius 1 is 1.67 bits per heavy atom. The molecule has 0 aliphatic heterocycles. The first kappa shape index (κ1) is 9.54. The molecular formula is C6H9ClN2O2S. The van der Waals surface area contributed by atoms with Crippen LogP contribution in [0.3, 0.4) is 0 Å². The van der Waals surface area contributed by atoms with Gasteiger partial charge >= 0.3 is 0 Å². The zero-order chi connectivity index (χ0) is 9.19. The second-order valence-electron chi connectivity index (χ2n) is 2.44. The van der Waals surface area contributed by atoms with Gasteiger partial charge in [-0.2, -0.15) is 5.10 Å². The van der Waals surface area contributed by atoms with Gasteiger partial charge in [-0.15, -0.1) is 0 Å². The fourth-order valence-electron chi connectivity index (χ4n) is 0.873. The first-order chi connectivity index (χ1) is 5.49. The lowest BCUT2D eigenvalue weighted by Crippen LogP contribution is -2.05. The van der Waals surface area contributed by atoms with Crippen LogP contribution in [0.4, 0.5) is 0 Å². The molecule has 0 unspecified atom stereocenters. The number of nitrogens with zero attached hydrogens (tertiary/aromatic N) is 2. The van der Waals surface area contributed by atoms with Crippen molar-refractivity contribution in [3.63, 3.8) is 0 Å². The standard InChI is InChI=1S/C6H9ClN2O2S/c1-9-6(2-4-8-9)3-5-12(7,10)11/h2,4H,3,5H2,1H3. The third-order valence-electron chi connectivity index (χ3n) is 1.52. The highest BCUT2D eigenvalue weighted by Crippen LogP contribution is 2.03. The summed E-state index contributed by atoms with van der Waals surface area (Å²) < 4.78 is 22.8. The molecule has 0 aromatic carbocycles. The Labute approximate surface area is 75.6 Å². The summed E-state index contributed by atoms with van der Waals surface area (Å²) in [4.78, 5) is 0. The Bertz CT molecular complexity index is 357. The molecule has 0 radical (unpaired) electrons. The van der Waals surface area contributed by atoms with E-state index in [1.807, 2.05) is 0 Å². The van der Waals surface area contributed by atoms with Crippen molar-refractivity contribution in [3.05, 3.63) is 18.0 Å². The SMILES string of the molecule is Cn1nccc1CCS(=O)(=O)Cl. The van der Waals surface area contributed by atoms with E-state index in [1.54, 1.807) is 24.0 Å². The number of aryl methyl sites for hydroxylation is 2. The molecule has 1 aromatic heterocycles. The van der Waals surface area contributed by atoms with Crippen molar-refractivity contribution >= 4 is 19.7 Å².